The number of aliphatic carboxylic acids is 1. The first kappa shape index (κ1) is 20.8. The van der Waals surface area contributed by atoms with Gasteiger partial charge in [-0.15, -0.1) is 11.3 Å². The summed E-state index contributed by atoms with van der Waals surface area (Å²) < 4.78 is 41.0. The van der Waals surface area contributed by atoms with Gasteiger partial charge in [-0.25, -0.2) is 18.2 Å². The number of hydrogen-bond donors (Lipinski definition) is 1. The van der Waals surface area contributed by atoms with Gasteiger partial charge in [0.05, 0.1) is 18.0 Å². The molecule has 0 aliphatic carbocycles. The molecule has 0 aliphatic rings. The number of nitrogens with zero attached hydrogens (tertiary/aromatic N) is 1. The lowest BCUT2D eigenvalue weighted by molar-refractivity contribution is -0.136. The molecule has 31 heavy (non-hydrogen) atoms. The van der Waals surface area contributed by atoms with Crippen LogP contribution in [-0.2, 0) is 11.2 Å². The molecule has 0 fully saturated rings. The van der Waals surface area contributed by atoms with Crippen molar-refractivity contribution in [2.24, 2.45) is 0 Å². The van der Waals surface area contributed by atoms with E-state index in [9.17, 15) is 23.1 Å². The summed E-state index contributed by atoms with van der Waals surface area (Å²) in [4.78, 5) is 16.6. The van der Waals surface area contributed by atoms with E-state index in [2.05, 4.69) is 4.98 Å². The third-order valence-corrected chi connectivity index (χ3v) is 5.92. The van der Waals surface area contributed by atoms with Gasteiger partial charge >= 0.3 is 5.97 Å². The van der Waals surface area contributed by atoms with Gasteiger partial charge in [0.2, 0.25) is 0 Å². The monoisotopic (exact) mass is 439 g/mol. The molecule has 3 aromatic carbocycles. The molecule has 0 aliphatic heterocycles. The molecule has 1 heterocycles. The van der Waals surface area contributed by atoms with E-state index in [1.54, 1.807) is 0 Å². The zero-order valence-corrected chi connectivity index (χ0v) is 16.9. The molecule has 4 rings (SSSR count). The molecule has 1 N–H and O–H groups in total. The van der Waals surface area contributed by atoms with E-state index in [0.717, 1.165) is 17.7 Å². The fourth-order valence-electron chi connectivity index (χ4n) is 3.40. The molecular weight excluding hydrogens is 423 g/mol. The maximum Gasteiger partial charge on any atom is 0.308 e. The third kappa shape index (κ3) is 4.51. The number of aromatic nitrogens is 1. The Bertz CT molecular complexity index is 1220. The Morgan fingerprint density at radius 1 is 0.903 bits per heavy atom. The van der Waals surface area contributed by atoms with Crippen molar-refractivity contribution >= 4 is 17.3 Å². The van der Waals surface area contributed by atoms with Crippen molar-refractivity contribution in [3.63, 3.8) is 0 Å². The lowest BCUT2D eigenvalue weighted by Crippen LogP contribution is -2.04. The van der Waals surface area contributed by atoms with Crippen LogP contribution in [0.15, 0.2) is 72.8 Å². The summed E-state index contributed by atoms with van der Waals surface area (Å²) in [5, 5.41) is 9.89. The number of benzene rings is 3. The predicted molar refractivity (Wildman–Crippen MR) is 113 cm³/mol. The summed E-state index contributed by atoms with van der Waals surface area (Å²) in [7, 11) is 0. The molecule has 1 unspecified atom stereocenters. The molecule has 0 amide bonds. The Morgan fingerprint density at radius 2 is 1.61 bits per heavy atom. The van der Waals surface area contributed by atoms with Crippen LogP contribution in [0, 0.1) is 17.5 Å². The number of hydrogen-bond acceptors (Lipinski definition) is 3. The highest BCUT2D eigenvalue weighted by Crippen LogP contribution is 2.39. The number of thiazole rings is 1. The second-order valence-corrected chi connectivity index (χ2v) is 8.03. The molecule has 7 heteroatoms. The number of carboxylic acid groups (broad SMARTS) is 1. The second-order valence-electron chi connectivity index (χ2n) is 6.92. The van der Waals surface area contributed by atoms with Gasteiger partial charge in [0.25, 0.3) is 0 Å². The minimum absolute atomic E-state index is 0.260. The minimum atomic E-state index is -1.03. The maximum absolute atomic E-state index is 14.0. The summed E-state index contributed by atoms with van der Waals surface area (Å²) >= 11 is 1.19. The SMILES string of the molecule is O=C(O)Cc1sc(C(c2ccccc2)c2ccc(F)c(F)c2)nc1-c1ccc(F)cc1. The summed E-state index contributed by atoms with van der Waals surface area (Å²) in [5.74, 6) is -3.89. The van der Waals surface area contributed by atoms with E-state index < -0.39 is 29.3 Å². The Hall–Kier alpha value is -3.45. The summed E-state index contributed by atoms with van der Waals surface area (Å²) in [6, 6.07) is 18.5. The van der Waals surface area contributed by atoms with Gasteiger partial charge in [0.15, 0.2) is 11.6 Å². The van der Waals surface area contributed by atoms with Crippen molar-refractivity contribution in [3.05, 3.63) is 111 Å². The van der Waals surface area contributed by atoms with Crippen molar-refractivity contribution in [3.8, 4) is 11.3 Å². The molecular formula is C24H16F3NO2S. The number of halogens is 3. The first-order valence-corrected chi connectivity index (χ1v) is 10.2. The number of rotatable bonds is 6. The quantitative estimate of drug-likeness (QED) is 0.399. The van der Waals surface area contributed by atoms with Crippen LogP contribution >= 0.6 is 11.3 Å². The van der Waals surface area contributed by atoms with E-state index in [1.165, 1.54) is 41.7 Å². The average molecular weight is 439 g/mol. The average Bonchev–Trinajstić information content (AvgIpc) is 3.14. The van der Waals surface area contributed by atoms with E-state index >= 15 is 0 Å². The van der Waals surface area contributed by atoms with Crippen molar-refractivity contribution < 1.29 is 23.1 Å². The normalized spacial score (nSPS) is 12.0. The van der Waals surface area contributed by atoms with Gasteiger partial charge in [-0.3, -0.25) is 4.79 Å². The van der Waals surface area contributed by atoms with Crippen LogP contribution in [0.4, 0.5) is 13.2 Å². The van der Waals surface area contributed by atoms with Gasteiger partial charge in [-0.1, -0.05) is 36.4 Å². The Morgan fingerprint density at radius 3 is 2.26 bits per heavy atom. The van der Waals surface area contributed by atoms with Crippen LogP contribution in [0.2, 0.25) is 0 Å². The van der Waals surface area contributed by atoms with E-state index in [1.807, 2.05) is 30.3 Å². The fourth-order valence-corrected chi connectivity index (χ4v) is 4.63. The molecule has 0 saturated carbocycles. The first-order valence-electron chi connectivity index (χ1n) is 9.39. The molecule has 0 radical (unpaired) electrons. The summed E-state index contributed by atoms with van der Waals surface area (Å²) in [5.41, 5.74) is 2.31. The highest BCUT2D eigenvalue weighted by Gasteiger charge is 2.25. The lowest BCUT2D eigenvalue weighted by atomic mass is 9.91. The van der Waals surface area contributed by atoms with E-state index in [4.69, 9.17) is 0 Å². The van der Waals surface area contributed by atoms with Crippen molar-refractivity contribution in [2.45, 2.75) is 12.3 Å². The zero-order chi connectivity index (χ0) is 22.0. The second kappa shape index (κ2) is 8.73. The first-order chi connectivity index (χ1) is 14.9. The standard InChI is InChI=1S/C24H16F3NO2S/c25-17-9-6-15(7-10-17)23-20(13-21(29)30)31-24(28-23)22(14-4-2-1-3-5-14)16-8-11-18(26)19(27)12-16/h1-12,22H,13H2,(H,29,30). The molecule has 156 valence electrons. The van der Waals surface area contributed by atoms with Gasteiger partial charge < -0.3 is 5.11 Å². The van der Waals surface area contributed by atoms with Gasteiger partial charge in [-0.05, 0) is 47.5 Å². The molecule has 0 bridgehead atoms. The van der Waals surface area contributed by atoms with Crippen molar-refractivity contribution in [1.82, 2.24) is 4.98 Å². The number of carboxylic acids is 1. The molecule has 1 atom stereocenters. The lowest BCUT2D eigenvalue weighted by Gasteiger charge is -2.16. The van der Waals surface area contributed by atoms with E-state index in [0.29, 0.717) is 26.7 Å². The molecule has 1 aromatic heterocycles. The topological polar surface area (TPSA) is 50.2 Å². The molecule has 0 saturated heterocycles. The molecule has 0 spiro atoms. The maximum atomic E-state index is 14.0. The Labute approximate surface area is 180 Å². The third-order valence-electron chi connectivity index (χ3n) is 4.80. The highest BCUT2D eigenvalue weighted by atomic mass is 32.1. The van der Waals surface area contributed by atoms with Gasteiger partial charge in [-0.2, -0.15) is 0 Å². The van der Waals surface area contributed by atoms with Crippen LogP contribution in [0.3, 0.4) is 0 Å². The molecule has 4 aromatic rings. The van der Waals surface area contributed by atoms with Crippen LogP contribution in [0.25, 0.3) is 11.3 Å². The van der Waals surface area contributed by atoms with Crippen molar-refractivity contribution in [2.75, 3.05) is 0 Å². The van der Waals surface area contributed by atoms with Gasteiger partial charge in [0, 0.05) is 10.4 Å². The van der Waals surface area contributed by atoms with Crippen LogP contribution in [0.1, 0.15) is 26.9 Å². The van der Waals surface area contributed by atoms with Crippen molar-refractivity contribution in [1.29, 1.82) is 0 Å². The number of carbonyl (C=O) groups is 1. The largest absolute Gasteiger partial charge is 0.481 e. The van der Waals surface area contributed by atoms with Gasteiger partial charge in [0.1, 0.15) is 10.8 Å². The van der Waals surface area contributed by atoms with Crippen LogP contribution < -0.4 is 0 Å². The predicted octanol–water partition coefficient (Wildman–Crippen LogP) is 6.03. The zero-order valence-electron chi connectivity index (χ0n) is 16.1. The smallest absolute Gasteiger partial charge is 0.308 e. The summed E-state index contributed by atoms with van der Waals surface area (Å²) in [6.45, 7) is 0. The van der Waals surface area contributed by atoms with Crippen LogP contribution in [-0.4, -0.2) is 16.1 Å². The van der Waals surface area contributed by atoms with Crippen LogP contribution in [0.5, 0.6) is 0 Å². The summed E-state index contributed by atoms with van der Waals surface area (Å²) in [6.07, 6.45) is -0.260. The highest BCUT2D eigenvalue weighted by molar-refractivity contribution is 7.12. The minimum Gasteiger partial charge on any atom is -0.481 e. The Balaban J connectivity index is 1.89. The van der Waals surface area contributed by atoms with E-state index in [-0.39, 0.29) is 6.42 Å². The fraction of sp³-hybridized carbons (Fsp3) is 0.0833. The Kier molecular flexibility index (Phi) is 5.86. The molecule has 3 nitrogen and oxygen atoms in total.